The molecule has 0 saturated carbocycles. The summed E-state index contributed by atoms with van der Waals surface area (Å²) in [6.07, 6.45) is 1.14. The molecule has 1 unspecified atom stereocenters. The highest BCUT2D eigenvalue weighted by molar-refractivity contribution is 5.95. The molecule has 0 aromatic heterocycles. The molecule has 0 radical (unpaired) electrons. The maximum Gasteiger partial charge on any atom is 0.251 e. The van der Waals surface area contributed by atoms with Crippen LogP contribution in [0.25, 0.3) is 0 Å². The fourth-order valence-corrected chi connectivity index (χ4v) is 2.59. The second kappa shape index (κ2) is 7.85. The zero-order valence-corrected chi connectivity index (χ0v) is 13.9. The first kappa shape index (κ1) is 17.1. The van der Waals surface area contributed by atoms with Crippen LogP contribution in [-0.2, 0) is 4.79 Å². The molecule has 1 fully saturated rings. The number of carbonyl (C=O) groups excluding carboxylic acids is 2. The Hall–Kier alpha value is -2.24. The number of likely N-dealkylation sites (N-methyl/N-ethyl adjacent to an activating group) is 1. The van der Waals surface area contributed by atoms with Crippen molar-refractivity contribution in [1.82, 2.24) is 10.2 Å². The number of ether oxygens (including phenoxy) is 2. The smallest absolute Gasteiger partial charge is 0.251 e. The number of amides is 2. The van der Waals surface area contributed by atoms with Crippen LogP contribution in [0.15, 0.2) is 18.2 Å². The van der Waals surface area contributed by atoms with Crippen LogP contribution >= 0.6 is 0 Å². The zero-order chi connectivity index (χ0) is 16.8. The van der Waals surface area contributed by atoms with Gasteiger partial charge < -0.3 is 19.7 Å². The van der Waals surface area contributed by atoms with Crippen LogP contribution in [0.2, 0.25) is 0 Å². The third kappa shape index (κ3) is 4.37. The third-order valence-electron chi connectivity index (χ3n) is 3.77. The van der Waals surface area contributed by atoms with Crippen molar-refractivity contribution in [2.45, 2.75) is 32.7 Å². The van der Waals surface area contributed by atoms with Gasteiger partial charge in [0.1, 0.15) is 0 Å². The van der Waals surface area contributed by atoms with Gasteiger partial charge in [0.2, 0.25) is 5.91 Å². The maximum absolute atomic E-state index is 12.4. The number of nitrogens with zero attached hydrogens (tertiary/aromatic N) is 1. The molecule has 1 aromatic carbocycles. The van der Waals surface area contributed by atoms with E-state index in [0.717, 1.165) is 0 Å². The van der Waals surface area contributed by atoms with E-state index in [-0.39, 0.29) is 17.9 Å². The van der Waals surface area contributed by atoms with Crippen molar-refractivity contribution in [1.29, 1.82) is 0 Å². The maximum atomic E-state index is 12.4. The Morgan fingerprint density at radius 1 is 1.26 bits per heavy atom. The predicted molar refractivity (Wildman–Crippen MR) is 86.9 cm³/mol. The Balaban J connectivity index is 2.06. The Morgan fingerprint density at radius 2 is 1.96 bits per heavy atom. The van der Waals surface area contributed by atoms with Crippen molar-refractivity contribution in [3.63, 3.8) is 0 Å². The van der Waals surface area contributed by atoms with Crippen molar-refractivity contribution >= 4 is 11.8 Å². The van der Waals surface area contributed by atoms with E-state index in [2.05, 4.69) is 5.32 Å². The van der Waals surface area contributed by atoms with Gasteiger partial charge in [-0.25, -0.2) is 0 Å². The van der Waals surface area contributed by atoms with Gasteiger partial charge in [-0.05, 0) is 38.5 Å². The summed E-state index contributed by atoms with van der Waals surface area (Å²) in [4.78, 5) is 25.6. The van der Waals surface area contributed by atoms with Gasteiger partial charge in [0.25, 0.3) is 5.91 Å². The number of carbonyl (C=O) groups is 2. The molecule has 2 rings (SSSR count). The molecule has 1 aliphatic heterocycles. The zero-order valence-electron chi connectivity index (χ0n) is 13.9. The number of nitrogens with one attached hydrogen (secondary N) is 1. The van der Waals surface area contributed by atoms with Crippen LogP contribution in [0.3, 0.4) is 0 Å². The average molecular weight is 320 g/mol. The predicted octanol–water partition coefficient (Wildman–Crippen LogP) is 1.83. The quantitative estimate of drug-likeness (QED) is 0.868. The summed E-state index contributed by atoms with van der Waals surface area (Å²) in [6, 6.07) is 5.15. The van der Waals surface area contributed by atoms with Crippen LogP contribution in [0.5, 0.6) is 11.5 Å². The first-order chi connectivity index (χ1) is 11.0. The van der Waals surface area contributed by atoms with E-state index in [4.69, 9.17) is 9.47 Å². The molecule has 1 N–H and O–H groups in total. The van der Waals surface area contributed by atoms with E-state index in [1.165, 1.54) is 0 Å². The Kier molecular flexibility index (Phi) is 5.84. The van der Waals surface area contributed by atoms with Crippen LogP contribution in [0, 0.1) is 0 Å². The lowest BCUT2D eigenvalue weighted by Crippen LogP contribution is -2.48. The topological polar surface area (TPSA) is 67.9 Å². The van der Waals surface area contributed by atoms with Crippen molar-refractivity contribution in [2.24, 2.45) is 0 Å². The van der Waals surface area contributed by atoms with E-state index in [0.29, 0.717) is 49.7 Å². The number of hydrogen-bond acceptors (Lipinski definition) is 4. The van der Waals surface area contributed by atoms with Crippen LogP contribution in [0.4, 0.5) is 0 Å². The van der Waals surface area contributed by atoms with Gasteiger partial charge in [-0.15, -0.1) is 0 Å². The molecule has 0 aliphatic carbocycles. The molecule has 126 valence electrons. The van der Waals surface area contributed by atoms with Gasteiger partial charge in [0.05, 0.1) is 13.2 Å². The van der Waals surface area contributed by atoms with Crippen molar-refractivity contribution in [3.05, 3.63) is 23.8 Å². The summed E-state index contributed by atoms with van der Waals surface area (Å²) in [5.41, 5.74) is 0.524. The molecule has 0 bridgehead atoms. The molecule has 1 heterocycles. The fraction of sp³-hybridized carbons (Fsp3) is 0.529. The molecular weight excluding hydrogens is 296 g/mol. The second-order valence-corrected chi connectivity index (χ2v) is 5.51. The molecular formula is C17H24N2O4. The van der Waals surface area contributed by atoms with E-state index in [1.807, 2.05) is 13.8 Å². The summed E-state index contributed by atoms with van der Waals surface area (Å²) in [5, 5.41) is 2.98. The van der Waals surface area contributed by atoms with Crippen molar-refractivity contribution in [2.75, 3.05) is 26.8 Å². The van der Waals surface area contributed by atoms with Gasteiger partial charge in [-0.3, -0.25) is 9.59 Å². The SMILES string of the molecule is CCOc1ccc(C(=O)NC2CCC(=O)N(C)C2)cc1OCC. The summed E-state index contributed by atoms with van der Waals surface area (Å²) in [6.45, 7) is 5.36. The highest BCUT2D eigenvalue weighted by Gasteiger charge is 2.24. The standard InChI is InChI=1S/C17H24N2O4/c1-4-22-14-8-6-12(10-15(14)23-5-2)17(21)18-13-7-9-16(20)19(3)11-13/h6,8,10,13H,4-5,7,9,11H2,1-3H3,(H,18,21). The molecule has 6 heteroatoms. The lowest BCUT2D eigenvalue weighted by molar-refractivity contribution is -0.132. The van der Waals surface area contributed by atoms with Gasteiger partial charge in [0.15, 0.2) is 11.5 Å². The second-order valence-electron chi connectivity index (χ2n) is 5.51. The van der Waals surface area contributed by atoms with E-state index >= 15 is 0 Å². The van der Waals surface area contributed by atoms with Crippen molar-refractivity contribution in [3.8, 4) is 11.5 Å². The monoisotopic (exact) mass is 320 g/mol. The van der Waals surface area contributed by atoms with Gasteiger partial charge in [-0.1, -0.05) is 0 Å². The molecule has 1 aliphatic rings. The van der Waals surface area contributed by atoms with Crippen LogP contribution in [-0.4, -0.2) is 49.6 Å². The summed E-state index contributed by atoms with van der Waals surface area (Å²) >= 11 is 0. The third-order valence-corrected chi connectivity index (χ3v) is 3.77. The van der Waals surface area contributed by atoms with Gasteiger partial charge in [-0.2, -0.15) is 0 Å². The Morgan fingerprint density at radius 3 is 2.61 bits per heavy atom. The minimum atomic E-state index is -0.165. The van der Waals surface area contributed by atoms with Crippen LogP contribution in [0.1, 0.15) is 37.0 Å². The minimum absolute atomic E-state index is 0.0210. The molecule has 1 aromatic rings. The minimum Gasteiger partial charge on any atom is -0.490 e. The van der Waals surface area contributed by atoms with Gasteiger partial charge in [0, 0.05) is 31.6 Å². The highest BCUT2D eigenvalue weighted by atomic mass is 16.5. The van der Waals surface area contributed by atoms with Crippen molar-refractivity contribution < 1.29 is 19.1 Å². The number of piperidine rings is 1. The lowest BCUT2D eigenvalue weighted by Gasteiger charge is -2.30. The van der Waals surface area contributed by atoms with E-state index in [1.54, 1.807) is 30.1 Å². The van der Waals surface area contributed by atoms with E-state index in [9.17, 15) is 9.59 Å². The first-order valence-electron chi connectivity index (χ1n) is 7.99. The van der Waals surface area contributed by atoms with Gasteiger partial charge >= 0.3 is 0 Å². The molecule has 23 heavy (non-hydrogen) atoms. The number of rotatable bonds is 6. The first-order valence-corrected chi connectivity index (χ1v) is 7.99. The summed E-state index contributed by atoms with van der Waals surface area (Å²) in [5.74, 6) is 1.16. The number of benzene rings is 1. The number of likely N-dealkylation sites (tertiary alicyclic amines) is 1. The molecule has 1 atom stereocenters. The Labute approximate surface area is 136 Å². The van der Waals surface area contributed by atoms with E-state index < -0.39 is 0 Å². The molecule has 2 amide bonds. The summed E-state index contributed by atoms with van der Waals surface area (Å²) in [7, 11) is 1.75. The molecule has 6 nitrogen and oxygen atoms in total. The molecule has 0 spiro atoms. The lowest BCUT2D eigenvalue weighted by atomic mass is 10.0. The largest absolute Gasteiger partial charge is 0.490 e. The average Bonchev–Trinajstić information content (AvgIpc) is 2.53. The normalized spacial score (nSPS) is 17.8. The van der Waals surface area contributed by atoms with Crippen LogP contribution < -0.4 is 14.8 Å². The molecule has 1 saturated heterocycles. The number of hydrogen-bond donors (Lipinski definition) is 1. The summed E-state index contributed by atoms with van der Waals surface area (Å²) < 4.78 is 11.0. The fourth-order valence-electron chi connectivity index (χ4n) is 2.59. The Bertz CT molecular complexity index is 574. The highest BCUT2D eigenvalue weighted by Crippen LogP contribution is 2.28.